The van der Waals surface area contributed by atoms with Gasteiger partial charge in [0.25, 0.3) is 0 Å². The van der Waals surface area contributed by atoms with Gasteiger partial charge in [0.1, 0.15) is 11.9 Å². The molecule has 1 aromatic rings. The van der Waals surface area contributed by atoms with E-state index < -0.39 is 12.5 Å². The number of nitrogens with zero attached hydrogens (tertiary/aromatic N) is 1. The summed E-state index contributed by atoms with van der Waals surface area (Å²) in [4.78, 5) is 4.39. The van der Waals surface area contributed by atoms with Crippen LogP contribution in [-0.2, 0) is 11.2 Å². The first kappa shape index (κ1) is 13.5. The number of aryl methyl sites for hydroxylation is 1. The number of amidine groups is 1. The summed E-state index contributed by atoms with van der Waals surface area (Å²) in [6.07, 6.45) is -2.79. The summed E-state index contributed by atoms with van der Waals surface area (Å²) in [5, 5.41) is 3.20. The van der Waals surface area contributed by atoms with E-state index in [1.807, 2.05) is 25.1 Å². The molecule has 0 aromatic heterocycles. The van der Waals surface area contributed by atoms with E-state index in [1.54, 1.807) is 0 Å². The number of aliphatic imine (C=N–C) groups is 1. The van der Waals surface area contributed by atoms with Gasteiger partial charge in [0, 0.05) is 13.0 Å². The number of ether oxygens (including phenoxy) is 1. The van der Waals surface area contributed by atoms with Gasteiger partial charge < -0.3 is 10.1 Å². The van der Waals surface area contributed by atoms with Gasteiger partial charge in [-0.15, -0.1) is 0 Å². The van der Waals surface area contributed by atoms with Crippen LogP contribution in [0.25, 0.3) is 0 Å². The van der Waals surface area contributed by atoms with E-state index in [9.17, 15) is 8.78 Å². The average molecular weight is 280 g/mol. The van der Waals surface area contributed by atoms with Gasteiger partial charge in [-0.1, -0.05) is 18.2 Å². The number of benzene rings is 1. The molecule has 0 saturated carbocycles. The van der Waals surface area contributed by atoms with Gasteiger partial charge in [-0.2, -0.15) is 0 Å². The van der Waals surface area contributed by atoms with Crippen molar-refractivity contribution in [1.82, 2.24) is 5.32 Å². The molecule has 1 unspecified atom stereocenters. The predicted molar refractivity (Wildman–Crippen MR) is 73.4 cm³/mol. The zero-order valence-corrected chi connectivity index (χ0v) is 11.4. The van der Waals surface area contributed by atoms with Crippen molar-refractivity contribution in [2.45, 2.75) is 38.4 Å². The van der Waals surface area contributed by atoms with Crippen LogP contribution < -0.4 is 5.32 Å². The number of nitrogens with one attached hydrogen (secondary N) is 1. The Hall–Kier alpha value is -1.49. The molecule has 20 heavy (non-hydrogen) atoms. The van der Waals surface area contributed by atoms with E-state index >= 15 is 0 Å². The minimum atomic E-state index is -2.34. The quantitative estimate of drug-likeness (QED) is 0.923. The highest BCUT2D eigenvalue weighted by Crippen LogP contribution is 2.35. The molecule has 2 aliphatic rings. The molecule has 2 heterocycles. The molecule has 2 atom stereocenters. The molecule has 2 aliphatic heterocycles. The van der Waals surface area contributed by atoms with Crippen LogP contribution in [0.5, 0.6) is 0 Å². The molecule has 0 amide bonds. The molecule has 3 nitrogen and oxygen atoms in total. The molecular weight excluding hydrogens is 262 g/mol. The number of alkyl halides is 2. The Labute approximate surface area is 117 Å². The second-order valence-electron chi connectivity index (χ2n) is 5.31. The number of halogens is 2. The lowest BCUT2D eigenvalue weighted by Gasteiger charge is -2.33. The highest BCUT2D eigenvalue weighted by molar-refractivity contribution is 5.89. The Morgan fingerprint density at radius 3 is 3.00 bits per heavy atom. The van der Waals surface area contributed by atoms with Gasteiger partial charge >= 0.3 is 0 Å². The summed E-state index contributed by atoms with van der Waals surface area (Å²) in [6.45, 7) is 3.52. The van der Waals surface area contributed by atoms with Crippen LogP contribution in [0.4, 0.5) is 8.78 Å². The van der Waals surface area contributed by atoms with E-state index in [0.717, 1.165) is 35.6 Å². The maximum Gasteiger partial charge on any atom is 0.241 e. The third-order valence-corrected chi connectivity index (χ3v) is 3.88. The molecule has 0 radical (unpaired) electrons. The molecule has 1 N–H and O–H groups in total. The van der Waals surface area contributed by atoms with Gasteiger partial charge in [-0.25, -0.2) is 8.78 Å². The van der Waals surface area contributed by atoms with Crippen LogP contribution in [0, 0.1) is 6.92 Å². The van der Waals surface area contributed by atoms with Gasteiger partial charge in [0.2, 0.25) is 6.43 Å². The first-order valence-corrected chi connectivity index (χ1v) is 6.95. The van der Waals surface area contributed by atoms with Crippen molar-refractivity contribution in [2.24, 2.45) is 4.99 Å². The molecule has 1 aromatic carbocycles. The lowest BCUT2D eigenvalue weighted by Crippen LogP contribution is -2.36. The third-order valence-electron chi connectivity index (χ3n) is 3.88. The zero-order valence-electron chi connectivity index (χ0n) is 11.4. The Bertz CT molecular complexity index is 531. The summed E-state index contributed by atoms with van der Waals surface area (Å²) in [6, 6.07) is 6.01. The van der Waals surface area contributed by atoms with Gasteiger partial charge in [0.05, 0.1) is 12.6 Å². The van der Waals surface area contributed by atoms with Crippen molar-refractivity contribution in [3.05, 3.63) is 34.9 Å². The predicted octanol–water partition coefficient (Wildman–Crippen LogP) is 2.63. The highest BCUT2D eigenvalue weighted by Gasteiger charge is 2.33. The fourth-order valence-corrected chi connectivity index (χ4v) is 2.93. The summed E-state index contributed by atoms with van der Waals surface area (Å²) >= 11 is 0. The molecule has 0 spiro atoms. The summed E-state index contributed by atoms with van der Waals surface area (Å²) in [5.74, 6) is 0.774. The van der Waals surface area contributed by atoms with Gasteiger partial charge in [0.15, 0.2) is 0 Å². The Morgan fingerprint density at radius 1 is 1.45 bits per heavy atom. The molecular formula is C15H18F2N2O. The number of hydrogen-bond donors (Lipinski definition) is 1. The standard InChI is InChI=1S/C15H18F2N2O/c1-9-3-2-4-11-12(9)7-10(8-13(16)17)20-14(11)15-18-5-6-19-15/h2-4,10,13-14H,5-8H2,1H3,(H,18,19)/t10-,14?/m1/s1. The van der Waals surface area contributed by atoms with Crippen molar-refractivity contribution in [1.29, 1.82) is 0 Å². The van der Waals surface area contributed by atoms with Crippen molar-refractivity contribution in [3.8, 4) is 0 Å². The van der Waals surface area contributed by atoms with Crippen molar-refractivity contribution in [2.75, 3.05) is 13.1 Å². The van der Waals surface area contributed by atoms with Crippen molar-refractivity contribution < 1.29 is 13.5 Å². The average Bonchev–Trinajstić information content (AvgIpc) is 2.92. The van der Waals surface area contributed by atoms with E-state index in [-0.39, 0.29) is 12.5 Å². The normalized spacial score (nSPS) is 25.3. The van der Waals surface area contributed by atoms with Crippen molar-refractivity contribution >= 4 is 5.84 Å². The molecule has 0 fully saturated rings. The van der Waals surface area contributed by atoms with Crippen LogP contribution in [0.15, 0.2) is 23.2 Å². The van der Waals surface area contributed by atoms with Gasteiger partial charge in [-0.3, -0.25) is 4.99 Å². The second kappa shape index (κ2) is 5.48. The topological polar surface area (TPSA) is 33.6 Å². The van der Waals surface area contributed by atoms with Crippen LogP contribution >= 0.6 is 0 Å². The van der Waals surface area contributed by atoms with Gasteiger partial charge in [-0.05, 0) is 30.0 Å². The first-order chi connectivity index (χ1) is 9.65. The number of rotatable bonds is 3. The molecule has 0 bridgehead atoms. The molecule has 5 heteroatoms. The zero-order chi connectivity index (χ0) is 14.1. The molecule has 108 valence electrons. The SMILES string of the molecule is Cc1cccc2c1C[C@H](CC(F)F)OC2C1=NCCN1. The summed E-state index contributed by atoms with van der Waals surface area (Å²) < 4.78 is 31.2. The fourth-order valence-electron chi connectivity index (χ4n) is 2.93. The molecule has 3 rings (SSSR count). The van der Waals surface area contributed by atoms with E-state index in [4.69, 9.17) is 4.74 Å². The Morgan fingerprint density at radius 2 is 2.30 bits per heavy atom. The lowest BCUT2D eigenvalue weighted by atomic mass is 9.89. The second-order valence-corrected chi connectivity index (χ2v) is 5.31. The number of hydrogen-bond acceptors (Lipinski definition) is 3. The van der Waals surface area contributed by atoms with Crippen LogP contribution in [0.1, 0.15) is 29.2 Å². The molecule has 0 saturated heterocycles. The van der Waals surface area contributed by atoms with Crippen molar-refractivity contribution in [3.63, 3.8) is 0 Å². The lowest BCUT2D eigenvalue weighted by molar-refractivity contribution is -0.0276. The minimum Gasteiger partial charge on any atom is -0.369 e. The first-order valence-electron chi connectivity index (χ1n) is 6.95. The third kappa shape index (κ3) is 2.54. The largest absolute Gasteiger partial charge is 0.369 e. The smallest absolute Gasteiger partial charge is 0.241 e. The maximum atomic E-state index is 12.7. The Kier molecular flexibility index (Phi) is 3.70. The highest BCUT2D eigenvalue weighted by atomic mass is 19.3. The Balaban J connectivity index is 1.95. The molecule has 0 aliphatic carbocycles. The number of fused-ring (bicyclic) bond motifs is 1. The maximum absolute atomic E-state index is 12.7. The van der Waals surface area contributed by atoms with Crippen LogP contribution in [-0.4, -0.2) is 31.5 Å². The van der Waals surface area contributed by atoms with E-state index in [0.29, 0.717) is 6.42 Å². The minimum absolute atomic E-state index is 0.225. The van der Waals surface area contributed by atoms with Crippen LogP contribution in [0.2, 0.25) is 0 Å². The monoisotopic (exact) mass is 280 g/mol. The summed E-state index contributed by atoms with van der Waals surface area (Å²) in [7, 11) is 0. The van der Waals surface area contributed by atoms with Crippen LogP contribution in [0.3, 0.4) is 0 Å². The fraction of sp³-hybridized carbons (Fsp3) is 0.533. The summed E-state index contributed by atoms with van der Waals surface area (Å²) in [5.41, 5.74) is 3.32. The van der Waals surface area contributed by atoms with E-state index in [1.165, 1.54) is 0 Å². The van der Waals surface area contributed by atoms with E-state index in [2.05, 4.69) is 10.3 Å².